The average Bonchev–Trinajstić information content (AvgIpc) is 2.81. The quantitative estimate of drug-likeness (QED) is 0.778. The Balaban J connectivity index is 1.58. The Kier molecular flexibility index (Phi) is 6.08. The van der Waals surface area contributed by atoms with Crippen molar-refractivity contribution in [1.29, 1.82) is 0 Å². The first-order valence-corrected chi connectivity index (χ1v) is 9.61. The summed E-state index contributed by atoms with van der Waals surface area (Å²) in [5.74, 6) is 0.862. The predicted molar refractivity (Wildman–Crippen MR) is 87.7 cm³/mol. The van der Waals surface area contributed by atoms with Crippen molar-refractivity contribution in [3.63, 3.8) is 0 Å². The van der Waals surface area contributed by atoms with Gasteiger partial charge in [0.2, 0.25) is 0 Å². The normalized spacial score (nSPS) is 19.8. The predicted octanol–water partition coefficient (Wildman–Crippen LogP) is 2.35. The van der Waals surface area contributed by atoms with Gasteiger partial charge >= 0.3 is 6.03 Å². The Bertz CT molecular complexity index is 619. The second kappa shape index (κ2) is 7.83. The minimum atomic E-state index is -2.80. The number of rotatable bonds is 6. The van der Waals surface area contributed by atoms with E-state index in [9.17, 15) is 13.2 Å². The van der Waals surface area contributed by atoms with Gasteiger partial charge in [0.25, 0.3) is 0 Å². The van der Waals surface area contributed by atoms with Crippen molar-refractivity contribution < 1.29 is 13.2 Å². The molecule has 1 fully saturated rings. The van der Waals surface area contributed by atoms with E-state index in [0.717, 1.165) is 24.8 Å². The minimum absolute atomic E-state index is 0.223. The Labute approximate surface area is 136 Å². The van der Waals surface area contributed by atoms with Gasteiger partial charge in [-0.2, -0.15) is 0 Å². The molecule has 0 bridgehead atoms. The van der Waals surface area contributed by atoms with Crippen molar-refractivity contribution in [3.05, 3.63) is 34.9 Å². The molecule has 0 saturated carbocycles. The molecule has 2 amide bonds. The van der Waals surface area contributed by atoms with Crippen LogP contribution in [0.3, 0.4) is 0 Å². The molecule has 1 aromatic carbocycles. The highest BCUT2D eigenvalue weighted by molar-refractivity contribution is 7.91. The molecule has 7 heteroatoms. The molecule has 2 rings (SSSR count). The molecular formula is C15H21ClN2O3S. The zero-order valence-corrected chi connectivity index (χ0v) is 13.9. The third-order valence-electron chi connectivity index (χ3n) is 3.74. The number of nitrogens with one attached hydrogen (secondary N) is 2. The molecule has 1 heterocycles. The first-order valence-electron chi connectivity index (χ1n) is 7.41. The SMILES string of the molecule is O=C(NCCCC1CCS(=O)(=O)C1)NCc1cccc(Cl)c1. The maximum atomic E-state index is 11.6. The fraction of sp³-hybridized carbons (Fsp3) is 0.533. The molecule has 1 saturated heterocycles. The van der Waals surface area contributed by atoms with Crippen LogP contribution in [0.2, 0.25) is 5.02 Å². The zero-order chi connectivity index (χ0) is 16.0. The Morgan fingerprint density at radius 1 is 1.32 bits per heavy atom. The molecule has 122 valence electrons. The summed E-state index contributed by atoms with van der Waals surface area (Å²) in [4.78, 5) is 11.6. The van der Waals surface area contributed by atoms with Crippen LogP contribution >= 0.6 is 11.6 Å². The molecule has 1 atom stereocenters. The highest BCUT2D eigenvalue weighted by Crippen LogP contribution is 2.22. The van der Waals surface area contributed by atoms with Crippen molar-refractivity contribution in [1.82, 2.24) is 10.6 Å². The lowest BCUT2D eigenvalue weighted by Gasteiger charge is -2.10. The van der Waals surface area contributed by atoms with Gasteiger partial charge in [-0.3, -0.25) is 0 Å². The van der Waals surface area contributed by atoms with Gasteiger partial charge in [-0.1, -0.05) is 23.7 Å². The van der Waals surface area contributed by atoms with Gasteiger partial charge in [-0.05, 0) is 42.9 Å². The van der Waals surface area contributed by atoms with Crippen molar-refractivity contribution in [2.24, 2.45) is 5.92 Å². The number of benzene rings is 1. The van der Waals surface area contributed by atoms with Gasteiger partial charge in [0.1, 0.15) is 0 Å². The molecule has 2 N–H and O–H groups in total. The largest absolute Gasteiger partial charge is 0.338 e. The lowest BCUT2D eigenvalue weighted by molar-refractivity contribution is 0.240. The molecule has 1 unspecified atom stereocenters. The first-order chi connectivity index (χ1) is 10.4. The third-order valence-corrected chi connectivity index (χ3v) is 5.82. The number of hydrogen-bond donors (Lipinski definition) is 2. The van der Waals surface area contributed by atoms with Crippen LogP contribution in [0.5, 0.6) is 0 Å². The van der Waals surface area contributed by atoms with Crippen LogP contribution in [0.15, 0.2) is 24.3 Å². The summed E-state index contributed by atoms with van der Waals surface area (Å²) in [6.45, 7) is 0.977. The van der Waals surface area contributed by atoms with Gasteiger partial charge in [-0.15, -0.1) is 0 Å². The van der Waals surface area contributed by atoms with E-state index in [2.05, 4.69) is 10.6 Å². The van der Waals surface area contributed by atoms with E-state index in [1.54, 1.807) is 6.07 Å². The van der Waals surface area contributed by atoms with Crippen LogP contribution in [0, 0.1) is 5.92 Å². The molecule has 1 aromatic rings. The van der Waals surface area contributed by atoms with Gasteiger partial charge in [0.05, 0.1) is 11.5 Å². The van der Waals surface area contributed by atoms with E-state index < -0.39 is 9.84 Å². The number of hydrogen-bond acceptors (Lipinski definition) is 3. The van der Waals surface area contributed by atoms with Crippen LogP contribution < -0.4 is 10.6 Å². The van der Waals surface area contributed by atoms with Gasteiger partial charge in [0.15, 0.2) is 9.84 Å². The number of carbonyl (C=O) groups excluding carboxylic acids is 1. The number of sulfone groups is 1. The van der Waals surface area contributed by atoms with Crippen molar-refractivity contribution >= 4 is 27.5 Å². The summed E-state index contributed by atoms with van der Waals surface area (Å²) >= 11 is 5.87. The standard InChI is InChI=1S/C15H21ClN2O3S/c16-14-5-1-3-13(9-14)10-18-15(19)17-7-2-4-12-6-8-22(20,21)11-12/h1,3,5,9,12H,2,4,6-8,10-11H2,(H2,17,18,19). The lowest BCUT2D eigenvalue weighted by Crippen LogP contribution is -2.35. The molecule has 1 aliphatic heterocycles. The van der Waals surface area contributed by atoms with Crippen molar-refractivity contribution in [2.75, 3.05) is 18.1 Å². The zero-order valence-electron chi connectivity index (χ0n) is 12.3. The molecule has 0 spiro atoms. The lowest BCUT2D eigenvalue weighted by atomic mass is 10.0. The molecule has 0 radical (unpaired) electrons. The van der Waals surface area contributed by atoms with Gasteiger partial charge < -0.3 is 10.6 Å². The summed E-state index contributed by atoms with van der Waals surface area (Å²) in [7, 11) is -2.80. The molecule has 5 nitrogen and oxygen atoms in total. The molecule has 0 aromatic heterocycles. The van der Waals surface area contributed by atoms with E-state index >= 15 is 0 Å². The fourth-order valence-corrected chi connectivity index (χ4v) is 4.71. The Hall–Kier alpha value is -1.27. The maximum Gasteiger partial charge on any atom is 0.315 e. The second-order valence-electron chi connectivity index (χ2n) is 5.65. The molecule has 1 aliphatic rings. The third kappa shape index (κ3) is 5.85. The first kappa shape index (κ1) is 17.1. The van der Waals surface area contributed by atoms with E-state index in [1.165, 1.54) is 0 Å². The highest BCUT2D eigenvalue weighted by atomic mass is 35.5. The van der Waals surface area contributed by atoms with E-state index in [-0.39, 0.29) is 11.9 Å². The maximum absolute atomic E-state index is 11.6. The molecular weight excluding hydrogens is 324 g/mol. The minimum Gasteiger partial charge on any atom is -0.338 e. The summed E-state index contributed by atoms with van der Waals surface area (Å²) < 4.78 is 22.7. The number of amides is 2. The Morgan fingerprint density at radius 2 is 2.14 bits per heavy atom. The van der Waals surface area contributed by atoms with Gasteiger partial charge in [0, 0.05) is 18.1 Å². The van der Waals surface area contributed by atoms with Crippen LogP contribution in [0.1, 0.15) is 24.8 Å². The summed E-state index contributed by atoms with van der Waals surface area (Å²) in [6.07, 6.45) is 2.39. The van der Waals surface area contributed by atoms with Crippen LogP contribution in [-0.4, -0.2) is 32.5 Å². The number of halogens is 1. The summed E-state index contributed by atoms with van der Waals surface area (Å²) in [5, 5.41) is 6.19. The van der Waals surface area contributed by atoms with E-state index in [1.807, 2.05) is 18.2 Å². The monoisotopic (exact) mass is 344 g/mol. The average molecular weight is 345 g/mol. The number of urea groups is 1. The van der Waals surface area contributed by atoms with Crippen LogP contribution in [-0.2, 0) is 16.4 Å². The Morgan fingerprint density at radius 3 is 2.82 bits per heavy atom. The topological polar surface area (TPSA) is 75.3 Å². The van der Waals surface area contributed by atoms with E-state index in [4.69, 9.17) is 11.6 Å². The second-order valence-corrected chi connectivity index (χ2v) is 8.32. The smallest absolute Gasteiger partial charge is 0.315 e. The fourth-order valence-electron chi connectivity index (χ4n) is 2.58. The van der Waals surface area contributed by atoms with Crippen molar-refractivity contribution in [3.8, 4) is 0 Å². The van der Waals surface area contributed by atoms with Crippen LogP contribution in [0.4, 0.5) is 4.79 Å². The highest BCUT2D eigenvalue weighted by Gasteiger charge is 2.27. The molecule has 0 aliphatic carbocycles. The van der Waals surface area contributed by atoms with Gasteiger partial charge in [-0.25, -0.2) is 13.2 Å². The summed E-state index contributed by atoms with van der Waals surface area (Å²) in [6, 6.07) is 7.11. The summed E-state index contributed by atoms with van der Waals surface area (Å²) in [5.41, 5.74) is 0.943. The van der Waals surface area contributed by atoms with Crippen molar-refractivity contribution in [2.45, 2.75) is 25.8 Å². The van der Waals surface area contributed by atoms with Crippen LogP contribution in [0.25, 0.3) is 0 Å². The number of carbonyl (C=O) groups is 1. The van der Waals surface area contributed by atoms with E-state index in [0.29, 0.717) is 29.6 Å². The molecule has 22 heavy (non-hydrogen) atoms.